The van der Waals surface area contributed by atoms with Crippen LogP contribution in [0.15, 0.2) is 41.3 Å². The van der Waals surface area contributed by atoms with E-state index in [1.54, 1.807) is 0 Å². The van der Waals surface area contributed by atoms with E-state index in [0.29, 0.717) is 5.69 Å². The van der Waals surface area contributed by atoms with E-state index in [4.69, 9.17) is 11.6 Å². The number of halogens is 1. The molecule has 0 fully saturated rings. The van der Waals surface area contributed by atoms with Crippen molar-refractivity contribution >= 4 is 33.2 Å². The zero-order valence-corrected chi connectivity index (χ0v) is 15.5. The van der Waals surface area contributed by atoms with Crippen LogP contribution in [0.25, 0.3) is 0 Å². The van der Waals surface area contributed by atoms with Gasteiger partial charge in [0.2, 0.25) is 10.0 Å². The second kappa shape index (κ2) is 6.93. The van der Waals surface area contributed by atoms with Crippen LogP contribution in [-0.4, -0.2) is 32.7 Å². The number of carbonyl (C=O) groups is 1. The summed E-state index contributed by atoms with van der Waals surface area (Å²) in [6.45, 7) is 3.80. The van der Waals surface area contributed by atoms with E-state index >= 15 is 0 Å². The van der Waals surface area contributed by atoms with Crippen LogP contribution < -0.4 is 5.32 Å². The van der Waals surface area contributed by atoms with Crippen LogP contribution in [0, 0.1) is 13.8 Å². The normalized spacial score (nSPS) is 11.6. The number of anilines is 1. The molecule has 0 heterocycles. The van der Waals surface area contributed by atoms with Gasteiger partial charge < -0.3 is 5.32 Å². The molecule has 0 aliphatic rings. The number of sulfonamides is 1. The molecule has 2 rings (SSSR count). The van der Waals surface area contributed by atoms with Crippen molar-refractivity contribution in [2.45, 2.75) is 18.7 Å². The van der Waals surface area contributed by atoms with Crippen LogP contribution in [0.5, 0.6) is 0 Å². The predicted molar refractivity (Wildman–Crippen MR) is 96.2 cm³/mol. The third-order valence-electron chi connectivity index (χ3n) is 3.60. The lowest BCUT2D eigenvalue weighted by Crippen LogP contribution is -2.23. The van der Waals surface area contributed by atoms with E-state index < -0.39 is 15.9 Å². The molecule has 24 heavy (non-hydrogen) atoms. The molecule has 2 aromatic rings. The fourth-order valence-electron chi connectivity index (χ4n) is 2.11. The predicted octanol–water partition coefficient (Wildman–Crippen LogP) is 3.46. The highest BCUT2D eigenvalue weighted by molar-refractivity contribution is 7.89. The summed E-state index contributed by atoms with van der Waals surface area (Å²) in [5, 5.41) is 2.97. The third-order valence-corrected chi connectivity index (χ3v) is 5.74. The summed E-state index contributed by atoms with van der Waals surface area (Å²) in [6.07, 6.45) is 0. The monoisotopic (exact) mass is 366 g/mol. The molecule has 0 aliphatic carbocycles. The van der Waals surface area contributed by atoms with Crippen LogP contribution in [0.4, 0.5) is 5.69 Å². The third kappa shape index (κ3) is 3.77. The number of hydrogen-bond acceptors (Lipinski definition) is 3. The van der Waals surface area contributed by atoms with Crippen LogP contribution in [0.2, 0.25) is 5.02 Å². The lowest BCUT2D eigenvalue weighted by Gasteiger charge is -2.14. The maximum absolute atomic E-state index is 12.5. The van der Waals surface area contributed by atoms with E-state index in [1.807, 2.05) is 32.0 Å². The molecule has 0 unspecified atom stereocenters. The Labute approximate surface area is 147 Å². The largest absolute Gasteiger partial charge is 0.322 e. The number of carbonyl (C=O) groups excluding carboxylic acids is 1. The highest BCUT2D eigenvalue weighted by atomic mass is 35.5. The first-order valence-corrected chi connectivity index (χ1v) is 9.05. The molecule has 2 aromatic carbocycles. The summed E-state index contributed by atoms with van der Waals surface area (Å²) in [4.78, 5) is 12.6. The molecule has 0 saturated heterocycles. The Morgan fingerprint density at radius 3 is 2.38 bits per heavy atom. The highest BCUT2D eigenvalue weighted by Gasteiger charge is 2.21. The van der Waals surface area contributed by atoms with Crippen molar-refractivity contribution in [3.05, 3.63) is 58.1 Å². The van der Waals surface area contributed by atoms with Gasteiger partial charge in [-0.15, -0.1) is 0 Å². The minimum atomic E-state index is -3.64. The maximum atomic E-state index is 12.5. The van der Waals surface area contributed by atoms with Gasteiger partial charge in [0.15, 0.2) is 0 Å². The fraction of sp³-hybridized carbons (Fsp3) is 0.235. The van der Waals surface area contributed by atoms with Crippen molar-refractivity contribution in [1.82, 2.24) is 4.31 Å². The van der Waals surface area contributed by atoms with Gasteiger partial charge in [0.05, 0.1) is 15.5 Å². The molecule has 0 aliphatic heterocycles. The second-order valence-corrected chi connectivity index (χ2v) is 8.26. The lowest BCUT2D eigenvalue weighted by molar-refractivity contribution is 0.102. The van der Waals surface area contributed by atoms with Gasteiger partial charge in [-0.25, -0.2) is 12.7 Å². The number of hydrogen-bond donors (Lipinski definition) is 1. The SMILES string of the molecule is Cc1ccc(C)c(NC(=O)c2cc(S(=O)(=O)N(C)C)ccc2Cl)c1. The minimum absolute atomic E-state index is 0.0167. The second-order valence-electron chi connectivity index (χ2n) is 5.70. The van der Waals surface area contributed by atoms with Crippen LogP contribution in [0.3, 0.4) is 0 Å². The van der Waals surface area contributed by atoms with Crippen LogP contribution in [-0.2, 0) is 10.0 Å². The van der Waals surface area contributed by atoms with Gasteiger partial charge in [-0.1, -0.05) is 23.7 Å². The van der Waals surface area contributed by atoms with Crippen molar-refractivity contribution in [3.8, 4) is 0 Å². The zero-order valence-electron chi connectivity index (χ0n) is 13.9. The molecule has 5 nitrogen and oxygen atoms in total. The summed E-state index contributed by atoms with van der Waals surface area (Å²) in [6, 6.07) is 9.78. The first-order valence-electron chi connectivity index (χ1n) is 7.23. The number of nitrogens with zero attached hydrogens (tertiary/aromatic N) is 1. The number of nitrogens with one attached hydrogen (secondary N) is 1. The average Bonchev–Trinajstić information content (AvgIpc) is 2.50. The summed E-state index contributed by atoms with van der Waals surface area (Å²) in [7, 11) is -0.782. The Balaban J connectivity index is 2.41. The average molecular weight is 367 g/mol. The van der Waals surface area contributed by atoms with Crippen molar-refractivity contribution in [2.75, 3.05) is 19.4 Å². The Bertz CT molecular complexity index is 893. The molecule has 0 saturated carbocycles. The van der Waals surface area contributed by atoms with E-state index in [2.05, 4.69) is 5.32 Å². The Kier molecular flexibility index (Phi) is 5.32. The summed E-state index contributed by atoms with van der Waals surface area (Å²) >= 11 is 6.09. The van der Waals surface area contributed by atoms with Crippen molar-refractivity contribution in [3.63, 3.8) is 0 Å². The van der Waals surface area contributed by atoms with E-state index in [0.717, 1.165) is 15.4 Å². The van der Waals surface area contributed by atoms with Crippen LogP contribution in [0.1, 0.15) is 21.5 Å². The molecule has 0 spiro atoms. The summed E-state index contributed by atoms with van der Waals surface area (Å²) < 4.78 is 25.5. The summed E-state index contributed by atoms with van der Waals surface area (Å²) in [5.74, 6) is -0.454. The van der Waals surface area contributed by atoms with Gasteiger partial charge in [-0.3, -0.25) is 4.79 Å². The molecule has 0 aromatic heterocycles. The van der Waals surface area contributed by atoms with Gasteiger partial charge in [-0.2, -0.15) is 0 Å². The molecule has 0 bridgehead atoms. The number of rotatable bonds is 4. The Morgan fingerprint density at radius 1 is 1.08 bits per heavy atom. The van der Waals surface area contributed by atoms with Crippen molar-refractivity contribution in [2.24, 2.45) is 0 Å². The zero-order chi connectivity index (χ0) is 18.1. The molecule has 0 atom stereocenters. The molecule has 128 valence electrons. The van der Waals surface area contributed by atoms with Gasteiger partial charge in [-0.05, 0) is 49.2 Å². The molecule has 0 radical (unpaired) electrons. The van der Waals surface area contributed by atoms with Gasteiger partial charge in [0.1, 0.15) is 0 Å². The molecule has 7 heteroatoms. The highest BCUT2D eigenvalue weighted by Crippen LogP contribution is 2.24. The number of amides is 1. The van der Waals surface area contributed by atoms with E-state index in [1.165, 1.54) is 32.3 Å². The smallest absolute Gasteiger partial charge is 0.257 e. The first kappa shape index (κ1) is 18.4. The van der Waals surface area contributed by atoms with Gasteiger partial charge >= 0.3 is 0 Å². The van der Waals surface area contributed by atoms with E-state index in [9.17, 15) is 13.2 Å². The van der Waals surface area contributed by atoms with Gasteiger partial charge in [0, 0.05) is 19.8 Å². The number of benzene rings is 2. The van der Waals surface area contributed by atoms with Crippen molar-refractivity contribution < 1.29 is 13.2 Å². The van der Waals surface area contributed by atoms with Crippen molar-refractivity contribution in [1.29, 1.82) is 0 Å². The first-order chi connectivity index (χ1) is 11.1. The van der Waals surface area contributed by atoms with Crippen LogP contribution >= 0.6 is 11.6 Å². The molecular weight excluding hydrogens is 348 g/mol. The van der Waals surface area contributed by atoms with Gasteiger partial charge in [0.25, 0.3) is 5.91 Å². The Morgan fingerprint density at radius 2 is 1.75 bits per heavy atom. The van der Waals surface area contributed by atoms with E-state index in [-0.39, 0.29) is 15.5 Å². The topological polar surface area (TPSA) is 66.5 Å². The Hall–Kier alpha value is -1.89. The summed E-state index contributed by atoms with van der Waals surface area (Å²) in [5.41, 5.74) is 2.69. The minimum Gasteiger partial charge on any atom is -0.322 e. The quantitative estimate of drug-likeness (QED) is 0.901. The fourth-order valence-corrected chi connectivity index (χ4v) is 3.24. The molecular formula is C17H19ClN2O3S. The molecule has 1 N–H and O–H groups in total. The maximum Gasteiger partial charge on any atom is 0.257 e. The molecule has 1 amide bonds. The standard InChI is InChI=1S/C17H19ClN2O3S/c1-11-5-6-12(2)16(9-11)19-17(21)14-10-13(7-8-15(14)18)24(22,23)20(3)4/h5-10H,1-4H3,(H,19,21). The lowest BCUT2D eigenvalue weighted by atomic mass is 10.1. The number of aryl methyl sites for hydroxylation is 2.